The van der Waals surface area contributed by atoms with E-state index in [9.17, 15) is 4.79 Å². The number of piperidine rings is 1. The maximum absolute atomic E-state index is 11.5. The quantitative estimate of drug-likeness (QED) is 0.431. The monoisotopic (exact) mass is 433 g/mol. The van der Waals surface area contributed by atoms with Gasteiger partial charge < -0.3 is 20.1 Å². The first kappa shape index (κ1) is 19.8. The lowest BCUT2D eigenvalue weighted by atomic mass is 9.93. The number of nitrogens with zero attached hydrogens (tertiary/aromatic N) is 3. The fourth-order valence-corrected chi connectivity index (χ4v) is 2.89. The number of nitrogens with one attached hydrogen (secondary N) is 2. The van der Waals surface area contributed by atoms with Gasteiger partial charge in [-0.3, -0.25) is 9.79 Å². The number of aryl methyl sites for hydroxylation is 1. The fraction of sp³-hybridized carbons (Fsp3) is 0.625. The number of guanidine groups is 1. The summed E-state index contributed by atoms with van der Waals surface area (Å²) >= 11 is 0. The molecule has 0 aliphatic carbocycles. The van der Waals surface area contributed by atoms with Gasteiger partial charge in [0.15, 0.2) is 5.96 Å². The Labute approximate surface area is 155 Å². The van der Waals surface area contributed by atoms with Crippen LogP contribution in [0.2, 0.25) is 0 Å². The fourth-order valence-electron chi connectivity index (χ4n) is 2.89. The topological polar surface area (TPSA) is 61.7 Å². The lowest BCUT2D eigenvalue weighted by molar-refractivity contribution is -0.121. The predicted octanol–water partition coefficient (Wildman–Crippen LogP) is 1.57. The van der Waals surface area contributed by atoms with Crippen LogP contribution < -0.4 is 10.6 Å². The van der Waals surface area contributed by atoms with Crippen molar-refractivity contribution in [3.8, 4) is 0 Å². The smallest absolute Gasteiger partial charge is 0.220 e. The molecule has 1 saturated heterocycles. The van der Waals surface area contributed by atoms with Crippen LogP contribution in [0.3, 0.4) is 0 Å². The van der Waals surface area contributed by atoms with Gasteiger partial charge >= 0.3 is 0 Å². The third-order valence-electron chi connectivity index (χ3n) is 4.22. The van der Waals surface area contributed by atoms with Gasteiger partial charge in [0.25, 0.3) is 0 Å². The number of rotatable bonds is 4. The Bertz CT molecular complexity index is 520. The maximum atomic E-state index is 11.5. The molecule has 23 heavy (non-hydrogen) atoms. The van der Waals surface area contributed by atoms with Crippen molar-refractivity contribution in [1.29, 1.82) is 0 Å². The van der Waals surface area contributed by atoms with Gasteiger partial charge in [-0.05, 0) is 30.4 Å². The van der Waals surface area contributed by atoms with Crippen LogP contribution in [0, 0.1) is 5.92 Å². The molecule has 1 amide bonds. The normalized spacial score (nSPS) is 16.0. The predicted molar refractivity (Wildman–Crippen MR) is 104 cm³/mol. The number of aromatic nitrogens is 1. The summed E-state index contributed by atoms with van der Waals surface area (Å²) in [4.78, 5) is 18.1. The molecule has 0 radical (unpaired) electrons. The summed E-state index contributed by atoms with van der Waals surface area (Å²) in [6, 6.07) is 2.11. The lowest BCUT2D eigenvalue weighted by Gasteiger charge is -2.34. The Hall–Kier alpha value is -1.25. The molecule has 1 aliphatic heterocycles. The Morgan fingerprint density at radius 2 is 2.09 bits per heavy atom. The molecule has 1 aromatic heterocycles. The Balaban J connectivity index is 0.00000264. The minimum Gasteiger partial charge on any atom is -0.359 e. The van der Waals surface area contributed by atoms with Gasteiger partial charge in [-0.15, -0.1) is 24.0 Å². The van der Waals surface area contributed by atoms with Crippen LogP contribution in [-0.2, 0) is 18.4 Å². The summed E-state index contributed by atoms with van der Waals surface area (Å²) < 4.78 is 2.05. The van der Waals surface area contributed by atoms with Crippen LogP contribution >= 0.6 is 24.0 Å². The Morgan fingerprint density at radius 3 is 2.61 bits per heavy atom. The number of likely N-dealkylation sites (tertiary alicyclic amines) is 1. The molecular weight excluding hydrogens is 405 g/mol. The van der Waals surface area contributed by atoms with Crippen LogP contribution in [0.1, 0.15) is 24.8 Å². The standard InChI is InChI=1S/C16H27N5O.HI/c1-17-15(22)10-13-5-8-21(9-6-13)16(18-2)19-11-14-4-7-20(3)12-14;/h4,7,12-13H,5-6,8-11H2,1-3H3,(H,17,22)(H,18,19);1H. The highest BCUT2D eigenvalue weighted by molar-refractivity contribution is 14.0. The molecule has 2 rings (SSSR count). The van der Waals surface area contributed by atoms with E-state index in [2.05, 4.69) is 32.8 Å². The summed E-state index contributed by atoms with van der Waals surface area (Å²) in [7, 11) is 5.55. The molecular formula is C16H28IN5O. The van der Waals surface area contributed by atoms with Gasteiger partial charge in [0.2, 0.25) is 5.91 Å². The van der Waals surface area contributed by atoms with Crippen molar-refractivity contribution in [3.63, 3.8) is 0 Å². The molecule has 7 heteroatoms. The van der Waals surface area contributed by atoms with E-state index < -0.39 is 0 Å². The number of aliphatic imine (C=N–C) groups is 1. The van der Waals surface area contributed by atoms with E-state index in [1.165, 1.54) is 5.56 Å². The van der Waals surface area contributed by atoms with Crippen molar-refractivity contribution >= 4 is 35.8 Å². The Morgan fingerprint density at radius 1 is 1.39 bits per heavy atom. The van der Waals surface area contributed by atoms with Crippen LogP contribution in [-0.4, -0.2) is 48.5 Å². The average Bonchev–Trinajstić information content (AvgIpc) is 2.95. The summed E-state index contributed by atoms with van der Waals surface area (Å²) in [5, 5.41) is 6.13. The van der Waals surface area contributed by atoms with E-state index in [-0.39, 0.29) is 29.9 Å². The highest BCUT2D eigenvalue weighted by Gasteiger charge is 2.22. The second-order valence-corrected chi connectivity index (χ2v) is 5.89. The summed E-state index contributed by atoms with van der Waals surface area (Å²) in [6.07, 6.45) is 6.87. The molecule has 6 nitrogen and oxygen atoms in total. The first-order valence-electron chi connectivity index (χ1n) is 7.89. The van der Waals surface area contributed by atoms with Crippen molar-refractivity contribution in [2.75, 3.05) is 27.2 Å². The second-order valence-electron chi connectivity index (χ2n) is 5.89. The molecule has 0 spiro atoms. The first-order chi connectivity index (χ1) is 10.6. The highest BCUT2D eigenvalue weighted by Crippen LogP contribution is 2.20. The van der Waals surface area contributed by atoms with E-state index in [0.717, 1.165) is 38.4 Å². The lowest BCUT2D eigenvalue weighted by Crippen LogP contribution is -2.45. The molecule has 0 atom stereocenters. The molecule has 130 valence electrons. The van der Waals surface area contributed by atoms with Gasteiger partial charge in [-0.25, -0.2) is 0 Å². The van der Waals surface area contributed by atoms with Crippen molar-refractivity contribution in [3.05, 3.63) is 24.0 Å². The van der Waals surface area contributed by atoms with Gasteiger partial charge in [-0.1, -0.05) is 0 Å². The summed E-state index contributed by atoms with van der Waals surface area (Å²) in [5.74, 6) is 1.58. The first-order valence-corrected chi connectivity index (χ1v) is 7.89. The second kappa shape index (κ2) is 9.79. The minimum absolute atomic E-state index is 0. The van der Waals surface area contributed by atoms with Gasteiger partial charge in [-0.2, -0.15) is 0 Å². The van der Waals surface area contributed by atoms with E-state index in [0.29, 0.717) is 12.3 Å². The van der Waals surface area contributed by atoms with Crippen LogP contribution in [0.5, 0.6) is 0 Å². The molecule has 1 fully saturated rings. The Kier molecular flexibility index (Phi) is 8.43. The average molecular weight is 433 g/mol. The third-order valence-corrected chi connectivity index (χ3v) is 4.22. The van der Waals surface area contributed by atoms with E-state index in [1.807, 2.05) is 24.9 Å². The van der Waals surface area contributed by atoms with Crippen LogP contribution in [0.15, 0.2) is 23.5 Å². The minimum atomic E-state index is 0. The third kappa shape index (κ3) is 6.04. The zero-order valence-corrected chi connectivity index (χ0v) is 16.5. The zero-order chi connectivity index (χ0) is 15.9. The van der Waals surface area contributed by atoms with Crippen molar-refractivity contribution in [1.82, 2.24) is 20.1 Å². The zero-order valence-electron chi connectivity index (χ0n) is 14.2. The van der Waals surface area contributed by atoms with Crippen LogP contribution in [0.4, 0.5) is 0 Å². The molecule has 0 aromatic carbocycles. The van der Waals surface area contributed by atoms with Crippen molar-refractivity contribution in [2.24, 2.45) is 18.0 Å². The molecule has 0 unspecified atom stereocenters. The molecule has 0 saturated carbocycles. The molecule has 2 heterocycles. The van der Waals surface area contributed by atoms with Crippen LogP contribution in [0.25, 0.3) is 0 Å². The number of hydrogen-bond acceptors (Lipinski definition) is 2. The van der Waals surface area contributed by atoms with Gasteiger partial charge in [0.1, 0.15) is 0 Å². The largest absolute Gasteiger partial charge is 0.359 e. The van der Waals surface area contributed by atoms with E-state index >= 15 is 0 Å². The van der Waals surface area contributed by atoms with Crippen molar-refractivity contribution < 1.29 is 4.79 Å². The number of carbonyl (C=O) groups is 1. The number of carbonyl (C=O) groups excluding carboxylic acids is 1. The SMILES string of the molecule is CN=C(NCc1ccn(C)c1)N1CCC(CC(=O)NC)CC1.I. The summed E-state index contributed by atoms with van der Waals surface area (Å²) in [5.41, 5.74) is 1.25. The van der Waals surface area contributed by atoms with Gasteiger partial charge in [0.05, 0.1) is 0 Å². The van der Waals surface area contributed by atoms with Crippen molar-refractivity contribution in [2.45, 2.75) is 25.8 Å². The highest BCUT2D eigenvalue weighted by atomic mass is 127. The molecule has 0 bridgehead atoms. The van der Waals surface area contributed by atoms with E-state index in [4.69, 9.17) is 0 Å². The molecule has 2 N–H and O–H groups in total. The molecule has 1 aromatic rings. The van der Waals surface area contributed by atoms with E-state index in [1.54, 1.807) is 7.05 Å². The summed E-state index contributed by atoms with van der Waals surface area (Å²) in [6.45, 7) is 2.69. The number of amides is 1. The van der Waals surface area contributed by atoms with Gasteiger partial charge in [0, 0.05) is 59.6 Å². The molecule has 1 aliphatic rings. The number of hydrogen-bond donors (Lipinski definition) is 2. The maximum Gasteiger partial charge on any atom is 0.220 e. The number of halogens is 1.